The van der Waals surface area contributed by atoms with Crippen molar-refractivity contribution < 1.29 is 19.4 Å². The van der Waals surface area contributed by atoms with Gasteiger partial charge in [0.25, 0.3) is 5.91 Å². The SMILES string of the molecule is COc1cccc(CN2CCN(C(=O)c3c(C(=O)O)cnn3C)CC2)c1. The van der Waals surface area contributed by atoms with Crippen LogP contribution >= 0.6 is 0 Å². The number of carbonyl (C=O) groups is 2. The normalized spacial score (nSPS) is 15.1. The molecule has 2 aromatic rings. The molecule has 0 atom stereocenters. The molecule has 1 aromatic carbocycles. The summed E-state index contributed by atoms with van der Waals surface area (Å²) >= 11 is 0. The Morgan fingerprint density at radius 2 is 1.96 bits per heavy atom. The molecule has 0 radical (unpaired) electrons. The van der Waals surface area contributed by atoms with Gasteiger partial charge in [-0.25, -0.2) is 4.79 Å². The van der Waals surface area contributed by atoms with E-state index in [9.17, 15) is 14.7 Å². The number of rotatable bonds is 5. The van der Waals surface area contributed by atoms with E-state index in [0.717, 1.165) is 30.9 Å². The van der Waals surface area contributed by atoms with Crippen molar-refractivity contribution >= 4 is 11.9 Å². The summed E-state index contributed by atoms with van der Waals surface area (Å²) in [5, 5.41) is 13.1. The Morgan fingerprint density at radius 1 is 1.23 bits per heavy atom. The minimum atomic E-state index is -1.14. The van der Waals surface area contributed by atoms with Gasteiger partial charge in [0.15, 0.2) is 0 Å². The molecule has 0 aliphatic carbocycles. The van der Waals surface area contributed by atoms with Crippen molar-refractivity contribution in [2.75, 3.05) is 33.3 Å². The molecule has 1 fully saturated rings. The second kappa shape index (κ2) is 7.57. The van der Waals surface area contributed by atoms with Gasteiger partial charge in [0.05, 0.1) is 13.3 Å². The average Bonchev–Trinajstić information content (AvgIpc) is 3.04. The highest BCUT2D eigenvalue weighted by atomic mass is 16.5. The summed E-state index contributed by atoms with van der Waals surface area (Å²) in [6, 6.07) is 7.93. The van der Waals surface area contributed by atoms with Gasteiger partial charge in [-0.2, -0.15) is 5.10 Å². The molecule has 1 aromatic heterocycles. The maximum absolute atomic E-state index is 12.7. The van der Waals surface area contributed by atoms with Gasteiger partial charge in [0.1, 0.15) is 17.0 Å². The van der Waals surface area contributed by atoms with Gasteiger partial charge >= 0.3 is 5.97 Å². The topological polar surface area (TPSA) is 87.9 Å². The summed E-state index contributed by atoms with van der Waals surface area (Å²) in [5.41, 5.74) is 1.22. The number of ether oxygens (including phenoxy) is 1. The van der Waals surface area contributed by atoms with Crippen LogP contribution in [0.5, 0.6) is 5.75 Å². The maximum atomic E-state index is 12.7. The Kier molecular flexibility index (Phi) is 5.22. The fourth-order valence-corrected chi connectivity index (χ4v) is 3.14. The fourth-order valence-electron chi connectivity index (χ4n) is 3.14. The molecule has 1 aliphatic heterocycles. The van der Waals surface area contributed by atoms with Crippen LogP contribution in [0.25, 0.3) is 0 Å². The van der Waals surface area contributed by atoms with Gasteiger partial charge in [-0.05, 0) is 17.7 Å². The third-order valence-electron chi connectivity index (χ3n) is 4.57. The van der Waals surface area contributed by atoms with E-state index in [4.69, 9.17) is 4.74 Å². The Balaban J connectivity index is 1.62. The number of nitrogens with zero attached hydrogens (tertiary/aromatic N) is 4. The molecule has 26 heavy (non-hydrogen) atoms. The minimum Gasteiger partial charge on any atom is -0.497 e. The first-order chi connectivity index (χ1) is 12.5. The summed E-state index contributed by atoms with van der Waals surface area (Å²) in [4.78, 5) is 28.0. The van der Waals surface area contributed by atoms with E-state index < -0.39 is 5.97 Å². The van der Waals surface area contributed by atoms with E-state index >= 15 is 0 Å². The maximum Gasteiger partial charge on any atom is 0.339 e. The first kappa shape index (κ1) is 17.9. The predicted molar refractivity (Wildman–Crippen MR) is 94.3 cm³/mol. The smallest absolute Gasteiger partial charge is 0.339 e. The lowest BCUT2D eigenvalue weighted by atomic mass is 10.1. The zero-order valence-corrected chi connectivity index (χ0v) is 14.9. The van der Waals surface area contributed by atoms with Crippen LogP contribution in [0.1, 0.15) is 26.4 Å². The quantitative estimate of drug-likeness (QED) is 0.861. The molecule has 0 unspecified atom stereocenters. The molecule has 1 saturated heterocycles. The number of methoxy groups -OCH3 is 1. The lowest BCUT2D eigenvalue weighted by molar-refractivity contribution is 0.0599. The highest BCUT2D eigenvalue weighted by Crippen LogP contribution is 2.17. The van der Waals surface area contributed by atoms with Gasteiger partial charge in [-0.3, -0.25) is 14.4 Å². The number of benzene rings is 1. The lowest BCUT2D eigenvalue weighted by Crippen LogP contribution is -2.48. The number of aromatic nitrogens is 2. The Hall–Kier alpha value is -2.87. The monoisotopic (exact) mass is 358 g/mol. The Morgan fingerprint density at radius 3 is 2.62 bits per heavy atom. The number of hydrogen-bond acceptors (Lipinski definition) is 5. The molecule has 138 valence electrons. The van der Waals surface area contributed by atoms with E-state index in [1.165, 1.54) is 10.9 Å². The number of aromatic carboxylic acids is 1. The van der Waals surface area contributed by atoms with Crippen LogP contribution in [0.2, 0.25) is 0 Å². The zero-order chi connectivity index (χ0) is 18.7. The summed E-state index contributed by atoms with van der Waals surface area (Å²) in [6.45, 7) is 3.33. The number of aryl methyl sites for hydroxylation is 1. The van der Waals surface area contributed by atoms with Gasteiger partial charge in [0, 0.05) is 39.8 Å². The van der Waals surface area contributed by atoms with Crippen LogP contribution < -0.4 is 4.74 Å². The van der Waals surface area contributed by atoms with Crippen molar-refractivity contribution in [1.29, 1.82) is 0 Å². The highest BCUT2D eigenvalue weighted by Gasteiger charge is 2.28. The van der Waals surface area contributed by atoms with E-state index in [0.29, 0.717) is 13.1 Å². The Labute approximate surface area is 151 Å². The summed E-state index contributed by atoms with van der Waals surface area (Å²) in [5.74, 6) is -0.602. The minimum absolute atomic E-state index is 0.0590. The summed E-state index contributed by atoms with van der Waals surface area (Å²) in [7, 11) is 3.23. The van der Waals surface area contributed by atoms with Crippen molar-refractivity contribution in [3.8, 4) is 5.75 Å². The van der Waals surface area contributed by atoms with Crippen molar-refractivity contribution in [2.45, 2.75) is 6.54 Å². The number of carbonyl (C=O) groups excluding carboxylic acids is 1. The molecule has 0 spiro atoms. The van der Waals surface area contributed by atoms with Gasteiger partial charge in [-0.15, -0.1) is 0 Å². The van der Waals surface area contributed by atoms with Crippen LogP contribution in [0.4, 0.5) is 0 Å². The summed E-state index contributed by atoms with van der Waals surface area (Å²) in [6.07, 6.45) is 1.22. The number of carboxylic acids is 1. The number of carboxylic acid groups (broad SMARTS) is 1. The van der Waals surface area contributed by atoms with Gasteiger partial charge in [-0.1, -0.05) is 12.1 Å². The summed E-state index contributed by atoms with van der Waals surface area (Å²) < 4.78 is 6.58. The van der Waals surface area contributed by atoms with Crippen LogP contribution in [0.3, 0.4) is 0 Å². The third kappa shape index (κ3) is 3.70. The molecule has 1 aliphatic rings. The second-order valence-corrected chi connectivity index (χ2v) is 6.26. The van der Waals surface area contributed by atoms with Crippen LogP contribution in [-0.4, -0.2) is 69.9 Å². The van der Waals surface area contributed by atoms with E-state index in [-0.39, 0.29) is 17.2 Å². The molecule has 1 amide bonds. The molecule has 8 heteroatoms. The number of piperazine rings is 1. The molecule has 1 N–H and O–H groups in total. The molecular weight excluding hydrogens is 336 g/mol. The molecule has 8 nitrogen and oxygen atoms in total. The molecule has 0 saturated carbocycles. The average molecular weight is 358 g/mol. The highest BCUT2D eigenvalue weighted by molar-refractivity contribution is 6.03. The molecule has 2 heterocycles. The fraction of sp³-hybridized carbons (Fsp3) is 0.389. The van der Waals surface area contributed by atoms with E-state index in [1.807, 2.05) is 18.2 Å². The van der Waals surface area contributed by atoms with Crippen molar-refractivity contribution in [2.24, 2.45) is 7.05 Å². The first-order valence-corrected chi connectivity index (χ1v) is 8.39. The van der Waals surface area contributed by atoms with Crippen LogP contribution in [-0.2, 0) is 13.6 Å². The van der Waals surface area contributed by atoms with E-state index in [1.54, 1.807) is 19.1 Å². The lowest BCUT2D eigenvalue weighted by Gasteiger charge is -2.34. The first-order valence-electron chi connectivity index (χ1n) is 8.39. The second-order valence-electron chi connectivity index (χ2n) is 6.26. The third-order valence-corrected chi connectivity index (χ3v) is 4.57. The van der Waals surface area contributed by atoms with E-state index in [2.05, 4.69) is 16.1 Å². The number of amides is 1. The van der Waals surface area contributed by atoms with Crippen molar-refractivity contribution in [3.63, 3.8) is 0 Å². The van der Waals surface area contributed by atoms with Crippen molar-refractivity contribution in [1.82, 2.24) is 19.6 Å². The van der Waals surface area contributed by atoms with Gasteiger partial charge in [0.2, 0.25) is 0 Å². The van der Waals surface area contributed by atoms with Crippen LogP contribution in [0, 0.1) is 0 Å². The van der Waals surface area contributed by atoms with Crippen LogP contribution in [0.15, 0.2) is 30.5 Å². The molecule has 0 bridgehead atoms. The molecule has 3 rings (SSSR count). The standard InChI is InChI=1S/C18H22N4O4/c1-20-16(15(11-19-20)18(24)25)17(23)22-8-6-21(7-9-22)12-13-4-3-5-14(10-13)26-2/h3-5,10-11H,6-9,12H2,1-2H3,(H,24,25). The zero-order valence-electron chi connectivity index (χ0n) is 14.9. The largest absolute Gasteiger partial charge is 0.497 e. The molecular formula is C18H22N4O4. The van der Waals surface area contributed by atoms with Gasteiger partial charge < -0.3 is 14.7 Å². The number of hydrogen-bond donors (Lipinski definition) is 1. The Bertz CT molecular complexity index is 809. The predicted octanol–water partition coefficient (Wildman–Crippen LogP) is 1.08. The van der Waals surface area contributed by atoms with Crippen molar-refractivity contribution in [3.05, 3.63) is 47.3 Å².